The van der Waals surface area contributed by atoms with E-state index < -0.39 is 0 Å². The molecular weight excluding hydrogens is 324 g/mol. The van der Waals surface area contributed by atoms with Gasteiger partial charge in [0, 0.05) is 23.3 Å². The summed E-state index contributed by atoms with van der Waals surface area (Å²) in [6, 6.07) is 18.6. The van der Waals surface area contributed by atoms with E-state index in [4.69, 9.17) is 5.26 Å². The summed E-state index contributed by atoms with van der Waals surface area (Å²) in [4.78, 5) is 16.7. The standard InChI is InChI=1S/C21H18N4O/c1-14-6-7-19(15(2)10-14)25-21(26)20-12-18(8-9-23-20)24-17-5-3-4-16(11-17)13-22/h3-12H,1-2H3,(H,23,24)(H,25,26). The number of nitrogens with zero attached hydrogens (tertiary/aromatic N) is 2. The molecule has 0 radical (unpaired) electrons. The number of carbonyl (C=O) groups is 1. The molecule has 0 atom stereocenters. The van der Waals surface area contributed by atoms with Gasteiger partial charge in [-0.3, -0.25) is 9.78 Å². The van der Waals surface area contributed by atoms with E-state index in [9.17, 15) is 4.79 Å². The predicted molar refractivity (Wildman–Crippen MR) is 103 cm³/mol. The lowest BCUT2D eigenvalue weighted by Gasteiger charge is -2.10. The van der Waals surface area contributed by atoms with Crippen LogP contribution in [0.1, 0.15) is 27.2 Å². The van der Waals surface area contributed by atoms with E-state index in [1.807, 2.05) is 38.1 Å². The molecule has 0 aliphatic rings. The van der Waals surface area contributed by atoms with Crippen molar-refractivity contribution in [2.24, 2.45) is 0 Å². The Morgan fingerprint density at radius 1 is 1.04 bits per heavy atom. The first-order valence-electron chi connectivity index (χ1n) is 8.17. The van der Waals surface area contributed by atoms with Gasteiger partial charge in [-0.25, -0.2) is 0 Å². The minimum absolute atomic E-state index is 0.272. The van der Waals surface area contributed by atoms with Gasteiger partial charge in [-0.2, -0.15) is 5.26 Å². The van der Waals surface area contributed by atoms with Crippen LogP contribution < -0.4 is 10.6 Å². The number of hydrogen-bond acceptors (Lipinski definition) is 4. The summed E-state index contributed by atoms with van der Waals surface area (Å²) >= 11 is 0. The maximum Gasteiger partial charge on any atom is 0.274 e. The lowest BCUT2D eigenvalue weighted by Crippen LogP contribution is -2.14. The summed E-state index contributed by atoms with van der Waals surface area (Å²) in [7, 11) is 0. The summed E-state index contributed by atoms with van der Waals surface area (Å²) in [6.07, 6.45) is 1.58. The first-order chi connectivity index (χ1) is 12.5. The number of benzene rings is 2. The zero-order valence-corrected chi connectivity index (χ0v) is 14.6. The number of anilines is 3. The van der Waals surface area contributed by atoms with Crippen LogP contribution in [0.2, 0.25) is 0 Å². The zero-order chi connectivity index (χ0) is 18.5. The van der Waals surface area contributed by atoms with E-state index in [0.717, 1.165) is 28.2 Å². The Balaban J connectivity index is 1.78. The number of rotatable bonds is 4. The van der Waals surface area contributed by atoms with Gasteiger partial charge in [0.15, 0.2) is 0 Å². The van der Waals surface area contributed by atoms with Crippen LogP contribution >= 0.6 is 0 Å². The number of hydrogen-bond donors (Lipinski definition) is 2. The van der Waals surface area contributed by atoms with Gasteiger partial charge in [0.25, 0.3) is 5.91 Å². The smallest absolute Gasteiger partial charge is 0.274 e. The Morgan fingerprint density at radius 3 is 2.62 bits per heavy atom. The number of pyridine rings is 1. The van der Waals surface area contributed by atoms with Crippen LogP contribution in [0.4, 0.5) is 17.1 Å². The monoisotopic (exact) mass is 342 g/mol. The molecule has 128 valence electrons. The molecule has 0 saturated heterocycles. The number of aryl methyl sites for hydroxylation is 2. The summed E-state index contributed by atoms with van der Waals surface area (Å²) in [5.41, 5.74) is 5.29. The molecule has 0 aliphatic carbocycles. The highest BCUT2D eigenvalue weighted by Crippen LogP contribution is 2.20. The van der Waals surface area contributed by atoms with Crippen molar-refractivity contribution in [3.63, 3.8) is 0 Å². The molecule has 3 aromatic rings. The van der Waals surface area contributed by atoms with Crippen molar-refractivity contribution in [2.45, 2.75) is 13.8 Å². The van der Waals surface area contributed by atoms with Crippen LogP contribution in [-0.4, -0.2) is 10.9 Å². The van der Waals surface area contributed by atoms with E-state index in [1.54, 1.807) is 36.5 Å². The number of carbonyl (C=O) groups excluding carboxylic acids is 1. The Kier molecular flexibility index (Phi) is 4.95. The van der Waals surface area contributed by atoms with Gasteiger partial charge in [-0.15, -0.1) is 0 Å². The quantitative estimate of drug-likeness (QED) is 0.728. The van der Waals surface area contributed by atoms with Gasteiger partial charge >= 0.3 is 0 Å². The fraction of sp³-hybridized carbons (Fsp3) is 0.0952. The molecule has 2 N–H and O–H groups in total. The molecule has 0 spiro atoms. The third-order valence-electron chi connectivity index (χ3n) is 3.90. The molecule has 26 heavy (non-hydrogen) atoms. The average Bonchev–Trinajstić information content (AvgIpc) is 2.64. The van der Waals surface area contributed by atoms with Crippen molar-refractivity contribution in [1.82, 2.24) is 4.98 Å². The molecule has 3 rings (SSSR count). The van der Waals surface area contributed by atoms with Crippen molar-refractivity contribution >= 4 is 23.0 Å². The highest BCUT2D eigenvalue weighted by atomic mass is 16.1. The number of nitriles is 1. The number of nitrogens with one attached hydrogen (secondary N) is 2. The van der Waals surface area contributed by atoms with E-state index >= 15 is 0 Å². The minimum Gasteiger partial charge on any atom is -0.355 e. The van der Waals surface area contributed by atoms with Crippen molar-refractivity contribution < 1.29 is 4.79 Å². The van der Waals surface area contributed by atoms with Gasteiger partial charge in [0.05, 0.1) is 11.6 Å². The van der Waals surface area contributed by atoms with Gasteiger partial charge in [0.2, 0.25) is 0 Å². The molecule has 0 saturated carbocycles. The van der Waals surface area contributed by atoms with Gasteiger partial charge in [0.1, 0.15) is 5.69 Å². The van der Waals surface area contributed by atoms with Crippen molar-refractivity contribution in [1.29, 1.82) is 5.26 Å². The predicted octanol–water partition coefficient (Wildman–Crippen LogP) is 4.57. The van der Waals surface area contributed by atoms with Crippen molar-refractivity contribution in [3.8, 4) is 6.07 Å². The molecule has 2 aromatic carbocycles. The summed E-state index contributed by atoms with van der Waals surface area (Å²) in [5.74, 6) is -0.272. The largest absolute Gasteiger partial charge is 0.355 e. The molecule has 1 amide bonds. The third-order valence-corrected chi connectivity index (χ3v) is 3.90. The first kappa shape index (κ1) is 17.2. The molecule has 5 heteroatoms. The Morgan fingerprint density at radius 2 is 1.85 bits per heavy atom. The van der Waals surface area contributed by atoms with Gasteiger partial charge in [-0.05, 0) is 55.8 Å². The highest BCUT2D eigenvalue weighted by molar-refractivity contribution is 6.03. The Bertz CT molecular complexity index is 1000. The second-order valence-corrected chi connectivity index (χ2v) is 6.02. The summed E-state index contributed by atoms with van der Waals surface area (Å²) in [6.45, 7) is 3.97. The van der Waals surface area contributed by atoms with Crippen LogP contribution in [0, 0.1) is 25.2 Å². The molecular formula is C21H18N4O. The maximum absolute atomic E-state index is 12.5. The SMILES string of the molecule is Cc1ccc(NC(=O)c2cc(Nc3cccc(C#N)c3)ccn2)c(C)c1. The van der Waals surface area contributed by atoms with Crippen molar-refractivity contribution in [3.05, 3.63) is 83.2 Å². The second-order valence-electron chi connectivity index (χ2n) is 6.02. The molecule has 0 unspecified atom stereocenters. The highest BCUT2D eigenvalue weighted by Gasteiger charge is 2.10. The van der Waals surface area contributed by atoms with Crippen LogP contribution in [0.15, 0.2) is 60.8 Å². The van der Waals surface area contributed by atoms with Crippen LogP contribution in [0.3, 0.4) is 0 Å². The number of aromatic nitrogens is 1. The zero-order valence-electron chi connectivity index (χ0n) is 14.6. The van der Waals surface area contributed by atoms with Crippen LogP contribution in [0.5, 0.6) is 0 Å². The van der Waals surface area contributed by atoms with Crippen LogP contribution in [0.25, 0.3) is 0 Å². The lowest BCUT2D eigenvalue weighted by molar-refractivity contribution is 0.102. The topological polar surface area (TPSA) is 77.8 Å². The molecule has 5 nitrogen and oxygen atoms in total. The van der Waals surface area contributed by atoms with E-state index in [2.05, 4.69) is 21.7 Å². The Hall–Kier alpha value is -3.65. The Labute approximate surface area is 152 Å². The fourth-order valence-corrected chi connectivity index (χ4v) is 2.61. The van der Waals surface area contributed by atoms with Crippen molar-refractivity contribution in [2.75, 3.05) is 10.6 Å². The minimum atomic E-state index is -0.272. The molecule has 0 fully saturated rings. The fourth-order valence-electron chi connectivity index (χ4n) is 2.61. The summed E-state index contributed by atoms with van der Waals surface area (Å²) in [5, 5.41) is 15.1. The summed E-state index contributed by atoms with van der Waals surface area (Å²) < 4.78 is 0. The first-order valence-corrected chi connectivity index (χ1v) is 8.17. The van der Waals surface area contributed by atoms with Gasteiger partial charge < -0.3 is 10.6 Å². The number of amides is 1. The molecule has 0 aliphatic heterocycles. The van der Waals surface area contributed by atoms with Gasteiger partial charge in [-0.1, -0.05) is 23.8 Å². The molecule has 1 heterocycles. The molecule has 1 aromatic heterocycles. The molecule has 0 bridgehead atoms. The normalized spacial score (nSPS) is 10.0. The second kappa shape index (κ2) is 7.49. The van der Waals surface area contributed by atoms with E-state index in [0.29, 0.717) is 11.3 Å². The lowest BCUT2D eigenvalue weighted by atomic mass is 10.1. The average molecular weight is 342 g/mol. The van der Waals surface area contributed by atoms with E-state index in [-0.39, 0.29) is 5.91 Å². The van der Waals surface area contributed by atoms with Crippen LogP contribution in [-0.2, 0) is 0 Å². The van der Waals surface area contributed by atoms with E-state index in [1.165, 1.54) is 0 Å². The maximum atomic E-state index is 12.5. The third kappa shape index (κ3) is 4.05.